The molecular formula is C18H18N6OS. The van der Waals surface area contributed by atoms with Crippen molar-refractivity contribution in [3.63, 3.8) is 0 Å². The zero-order chi connectivity index (χ0) is 17.9. The lowest BCUT2D eigenvalue weighted by Crippen LogP contribution is -2.20. The number of nitrogens with two attached hydrogens (primary N) is 1. The van der Waals surface area contributed by atoms with Crippen LogP contribution in [-0.2, 0) is 0 Å². The van der Waals surface area contributed by atoms with E-state index >= 15 is 0 Å². The van der Waals surface area contributed by atoms with Crippen LogP contribution < -0.4 is 16.7 Å². The zero-order valence-electron chi connectivity index (χ0n) is 13.9. The minimum atomic E-state index is -0.315. The zero-order valence-corrected chi connectivity index (χ0v) is 14.7. The largest absolute Gasteiger partial charge is 0.361 e. The van der Waals surface area contributed by atoms with Gasteiger partial charge in [0.15, 0.2) is 5.13 Å². The summed E-state index contributed by atoms with van der Waals surface area (Å²) in [6.45, 7) is 0.754. The second kappa shape index (κ2) is 7.11. The van der Waals surface area contributed by atoms with E-state index in [0.717, 1.165) is 34.7 Å². The van der Waals surface area contributed by atoms with Crippen LogP contribution in [0.4, 0.5) is 5.13 Å². The Kier molecular flexibility index (Phi) is 4.51. The van der Waals surface area contributed by atoms with E-state index in [9.17, 15) is 4.79 Å². The number of hydrogen-bond acceptors (Lipinski definition) is 6. The van der Waals surface area contributed by atoms with Gasteiger partial charge in [-0.05, 0) is 30.2 Å². The molecule has 1 aromatic carbocycles. The molecule has 0 saturated heterocycles. The SMILES string of the molecule is N[C@@H](CCNc1nccs1)c1ccc(-n2cc3cc[nH]c3nc2=O)cc1. The summed E-state index contributed by atoms with van der Waals surface area (Å²) >= 11 is 1.57. The molecule has 3 heterocycles. The van der Waals surface area contributed by atoms with E-state index in [4.69, 9.17) is 5.73 Å². The summed E-state index contributed by atoms with van der Waals surface area (Å²) in [7, 11) is 0. The van der Waals surface area contributed by atoms with Crippen molar-refractivity contribution in [1.82, 2.24) is 19.5 Å². The Bertz CT molecular complexity index is 1050. The van der Waals surface area contributed by atoms with Crippen molar-refractivity contribution in [2.24, 2.45) is 5.73 Å². The number of H-pyrrole nitrogens is 1. The lowest BCUT2D eigenvalue weighted by atomic mass is 10.0. The number of benzene rings is 1. The first-order valence-corrected chi connectivity index (χ1v) is 9.15. The van der Waals surface area contributed by atoms with Gasteiger partial charge in [-0.25, -0.2) is 9.78 Å². The van der Waals surface area contributed by atoms with Gasteiger partial charge in [0.2, 0.25) is 0 Å². The van der Waals surface area contributed by atoms with Crippen LogP contribution in [-0.4, -0.2) is 26.1 Å². The Labute approximate surface area is 153 Å². The molecule has 1 atom stereocenters. The van der Waals surface area contributed by atoms with Gasteiger partial charge >= 0.3 is 5.69 Å². The third-order valence-electron chi connectivity index (χ3n) is 4.20. The van der Waals surface area contributed by atoms with Crippen LogP contribution in [0.2, 0.25) is 0 Å². The number of nitrogens with one attached hydrogen (secondary N) is 2. The topological polar surface area (TPSA) is 102 Å². The van der Waals surface area contributed by atoms with Gasteiger partial charge in [-0.2, -0.15) is 4.98 Å². The highest BCUT2D eigenvalue weighted by molar-refractivity contribution is 7.13. The fourth-order valence-corrected chi connectivity index (χ4v) is 3.35. The molecule has 132 valence electrons. The number of thiazole rings is 1. The number of aromatic nitrogens is 4. The molecule has 0 fully saturated rings. The molecule has 0 aliphatic carbocycles. The van der Waals surface area contributed by atoms with E-state index in [0.29, 0.717) is 5.65 Å². The molecule has 4 aromatic rings. The first-order valence-electron chi connectivity index (χ1n) is 8.27. The van der Waals surface area contributed by atoms with Crippen molar-refractivity contribution >= 4 is 27.5 Å². The minimum absolute atomic E-state index is 0.0847. The Morgan fingerprint density at radius 1 is 1.27 bits per heavy atom. The Morgan fingerprint density at radius 2 is 2.12 bits per heavy atom. The molecule has 7 nitrogen and oxygen atoms in total. The first-order chi connectivity index (χ1) is 12.7. The smallest absolute Gasteiger partial charge is 0.354 e. The van der Waals surface area contributed by atoms with E-state index in [1.165, 1.54) is 4.57 Å². The molecule has 0 radical (unpaired) electrons. The molecule has 26 heavy (non-hydrogen) atoms. The number of nitrogens with zero attached hydrogens (tertiary/aromatic N) is 3. The normalized spacial score (nSPS) is 12.3. The van der Waals surface area contributed by atoms with Gasteiger partial charge in [0.1, 0.15) is 5.65 Å². The summed E-state index contributed by atoms with van der Waals surface area (Å²) in [4.78, 5) is 23.4. The monoisotopic (exact) mass is 366 g/mol. The summed E-state index contributed by atoms with van der Waals surface area (Å²) in [5.74, 6) is 0. The summed E-state index contributed by atoms with van der Waals surface area (Å²) in [5, 5.41) is 6.98. The number of fused-ring (bicyclic) bond motifs is 1. The van der Waals surface area contributed by atoms with E-state index < -0.39 is 0 Å². The number of rotatable bonds is 6. The van der Waals surface area contributed by atoms with Crippen molar-refractivity contribution in [3.8, 4) is 5.69 Å². The second-order valence-corrected chi connectivity index (χ2v) is 6.82. The maximum absolute atomic E-state index is 12.2. The van der Waals surface area contributed by atoms with Gasteiger partial charge in [0.25, 0.3) is 0 Å². The summed E-state index contributed by atoms with van der Waals surface area (Å²) < 4.78 is 1.54. The third kappa shape index (κ3) is 3.37. The summed E-state index contributed by atoms with van der Waals surface area (Å²) in [6.07, 6.45) is 6.11. The average Bonchev–Trinajstić information content (AvgIpc) is 3.32. The molecule has 0 saturated carbocycles. The quantitative estimate of drug-likeness (QED) is 0.487. The number of hydrogen-bond donors (Lipinski definition) is 3. The molecule has 0 aliphatic heterocycles. The highest BCUT2D eigenvalue weighted by Gasteiger charge is 2.08. The van der Waals surface area contributed by atoms with E-state index in [1.807, 2.05) is 35.7 Å². The van der Waals surface area contributed by atoms with Gasteiger partial charge in [0, 0.05) is 41.9 Å². The van der Waals surface area contributed by atoms with Gasteiger partial charge in [-0.15, -0.1) is 11.3 Å². The highest BCUT2D eigenvalue weighted by atomic mass is 32.1. The lowest BCUT2D eigenvalue weighted by molar-refractivity contribution is 0.674. The van der Waals surface area contributed by atoms with Gasteiger partial charge < -0.3 is 16.0 Å². The lowest BCUT2D eigenvalue weighted by Gasteiger charge is -2.13. The maximum atomic E-state index is 12.2. The van der Waals surface area contributed by atoms with Crippen LogP contribution in [0, 0.1) is 0 Å². The van der Waals surface area contributed by atoms with Crippen molar-refractivity contribution < 1.29 is 0 Å². The molecule has 0 aliphatic rings. The average molecular weight is 366 g/mol. The van der Waals surface area contributed by atoms with Crippen LogP contribution in [0.25, 0.3) is 16.7 Å². The molecule has 4 N–H and O–H groups in total. The molecule has 0 unspecified atom stereocenters. The van der Waals surface area contributed by atoms with Crippen molar-refractivity contribution in [3.05, 3.63) is 70.4 Å². The van der Waals surface area contributed by atoms with Crippen LogP contribution in [0.5, 0.6) is 0 Å². The van der Waals surface area contributed by atoms with E-state index in [-0.39, 0.29) is 11.7 Å². The van der Waals surface area contributed by atoms with Crippen molar-refractivity contribution in [2.45, 2.75) is 12.5 Å². The second-order valence-electron chi connectivity index (χ2n) is 5.93. The van der Waals surface area contributed by atoms with Gasteiger partial charge in [-0.3, -0.25) is 4.57 Å². The van der Waals surface area contributed by atoms with Gasteiger partial charge in [-0.1, -0.05) is 12.1 Å². The third-order valence-corrected chi connectivity index (χ3v) is 4.93. The standard InChI is InChI=1S/C18H18N6OS/c19-15(6-8-21-17-22-9-10-26-17)12-1-3-14(4-2-12)24-11-13-5-7-20-16(13)23-18(24)25/h1-5,7,9-11,15H,6,8,19H2,(H,21,22)(H,20,23,25)/t15-/m0/s1. The predicted molar refractivity (Wildman–Crippen MR) is 104 cm³/mol. The van der Waals surface area contributed by atoms with Crippen LogP contribution in [0.3, 0.4) is 0 Å². The Balaban J connectivity index is 1.46. The first kappa shape index (κ1) is 16.5. The molecule has 3 aromatic heterocycles. The maximum Gasteiger partial charge on any atom is 0.354 e. The predicted octanol–water partition coefficient (Wildman–Crippen LogP) is 2.67. The Hall–Kier alpha value is -2.97. The van der Waals surface area contributed by atoms with Crippen LogP contribution in [0.15, 0.2) is 59.1 Å². The molecule has 8 heteroatoms. The van der Waals surface area contributed by atoms with E-state index in [2.05, 4.69) is 20.3 Å². The summed E-state index contributed by atoms with van der Waals surface area (Å²) in [5.41, 5.74) is 8.34. The molecular weight excluding hydrogens is 348 g/mol. The Morgan fingerprint density at radius 3 is 2.88 bits per heavy atom. The van der Waals surface area contributed by atoms with Crippen LogP contribution in [0.1, 0.15) is 18.0 Å². The van der Waals surface area contributed by atoms with Crippen LogP contribution >= 0.6 is 11.3 Å². The minimum Gasteiger partial charge on any atom is -0.361 e. The van der Waals surface area contributed by atoms with Crippen molar-refractivity contribution in [2.75, 3.05) is 11.9 Å². The number of anilines is 1. The number of aromatic amines is 1. The fourth-order valence-electron chi connectivity index (χ4n) is 2.80. The summed E-state index contributed by atoms with van der Waals surface area (Å²) in [6, 6.07) is 9.50. The molecule has 4 rings (SSSR count). The molecule has 0 amide bonds. The van der Waals surface area contributed by atoms with E-state index in [1.54, 1.807) is 29.9 Å². The molecule has 0 spiro atoms. The fraction of sp³-hybridized carbons (Fsp3) is 0.167. The van der Waals surface area contributed by atoms with Gasteiger partial charge in [0.05, 0.1) is 5.69 Å². The van der Waals surface area contributed by atoms with Crippen molar-refractivity contribution in [1.29, 1.82) is 0 Å². The highest BCUT2D eigenvalue weighted by Crippen LogP contribution is 2.18. The molecule has 0 bridgehead atoms.